The maximum Gasteiger partial charge on any atom is 0.334 e. The van der Waals surface area contributed by atoms with Crippen LogP contribution in [0.25, 0.3) is 0 Å². The van der Waals surface area contributed by atoms with Crippen LogP contribution in [0.4, 0.5) is 0 Å². The van der Waals surface area contributed by atoms with Crippen molar-refractivity contribution < 1.29 is 14.3 Å². The van der Waals surface area contributed by atoms with E-state index in [1.165, 1.54) is 25.3 Å². The van der Waals surface area contributed by atoms with Crippen LogP contribution < -0.4 is 0 Å². The molecule has 1 aromatic carbocycles. The first-order chi connectivity index (χ1) is 9.81. The highest BCUT2D eigenvalue weighted by molar-refractivity contribution is 5.82. The summed E-state index contributed by atoms with van der Waals surface area (Å²) in [6.07, 6.45) is 7.63. The zero-order valence-electron chi connectivity index (χ0n) is 11.6. The molecule has 3 nitrogen and oxygen atoms in total. The molecule has 0 bridgehead atoms. The van der Waals surface area contributed by atoms with Crippen LogP contribution in [0.3, 0.4) is 0 Å². The molecule has 2 aliphatic rings. The van der Waals surface area contributed by atoms with Gasteiger partial charge in [-0.2, -0.15) is 0 Å². The average molecular weight is 272 g/mol. The lowest BCUT2D eigenvalue weighted by molar-refractivity contribution is -0.139. The highest BCUT2D eigenvalue weighted by atomic mass is 16.5. The molecule has 106 valence electrons. The van der Waals surface area contributed by atoms with Crippen LogP contribution in [-0.2, 0) is 20.9 Å². The molecule has 0 N–H and O–H groups in total. The zero-order chi connectivity index (χ0) is 13.8. The van der Waals surface area contributed by atoms with Gasteiger partial charge >= 0.3 is 5.97 Å². The topological polar surface area (TPSA) is 35.5 Å². The maximum absolute atomic E-state index is 11.8. The quantitative estimate of drug-likeness (QED) is 0.623. The fourth-order valence-corrected chi connectivity index (χ4v) is 3.06. The van der Waals surface area contributed by atoms with E-state index in [0.717, 1.165) is 24.2 Å². The van der Waals surface area contributed by atoms with Gasteiger partial charge in [0, 0.05) is 12.3 Å². The lowest BCUT2D eigenvalue weighted by Crippen LogP contribution is -2.19. The summed E-state index contributed by atoms with van der Waals surface area (Å²) in [6.45, 7) is 0.316. The molecular formula is C17H20O3. The van der Waals surface area contributed by atoms with Crippen molar-refractivity contribution in [2.45, 2.75) is 44.8 Å². The Labute approximate surface area is 119 Å². The predicted molar refractivity (Wildman–Crippen MR) is 75.8 cm³/mol. The summed E-state index contributed by atoms with van der Waals surface area (Å²) in [5, 5.41) is 0. The minimum absolute atomic E-state index is 0.303. The number of ether oxygens (including phenoxy) is 2. The summed E-state index contributed by atoms with van der Waals surface area (Å²) in [7, 11) is 0. The van der Waals surface area contributed by atoms with Crippen LogP contribution in [0.2, 0.25) is 0 Å². The fourth-order valence-electron chi connectivity index (χ4n) is 3.06. The van der Waals surface area contributed by atoms with Crippen LogP contribution >= 0.6 is 0 Å². The SMILES string of the molecule is O=C(/C=C1\C[C@@H]2CCCC[C@H]2O1)OCc1ccccc1. The number of benzene rings is 1. The largest absolute Gasteiger partial charge is 0.494 e. The molecule has 0 unspecified atom stereocenters. The van der Waals surface area contributed by atoms with Crippen molar-refractivity contribution >= 4 is 5.97 Å². The van der Waals surface area contributed by atoms with Crippen molar-refractivity contribution in [1.29, 1.82) is 0 Å². The third kappa shape index (κ3) is 3.21. The van der Waals surface area contributed by atoms with Crippen LogP contribution in [0.1, 0.15) is 37.7 Å². The molecule has 1 aliphatic carbocycles. The molecule has 1 aromatic rings. The van der Waals surface area contributed by atoms with Crippen molar-refractivity contribution in [1.82, 2.24) is 0 Å². The highest BCUT2D eigenvalue weighted by Crippen LogP contribution is 2.39. The second-order valence-electron chi connectivity index (χ2n) is 5.61. The summed E-state index contributed by atoms with van der Waals surface area (Å²) in [4.78, 5) is 11.8. The van der Waals surface area contributed by atoms with Gasteiger partial charge in [-0.1, -0.05) is 36.8 Å². The normalized spacial score (nSPS) is 26.9. The Kier molecular flexibility index (Phi) is 4.05. The Balaban J connectivity index is 1.52. The molecule has 3 rings (SSSR count). The standard InChI is InChI=1S/C17H20O3/c18-17(19-12-13-6-2-1-3-7-13)11-15-10-14-8-4-5-9-16(14)20-15/h1-3,6-7,11,14,16H,4-5,8-10,12H2/b15-11+/t14-,16+/m0/s1. The number of hydrogen-bond donors (Lipinski definition) is 0. The lowest BCUT2D eigenvalue weighted by Gasteiger charge is -2.22. The van der Waals surface area contributed by atoms with Gasteiger partial charge in [-0.25, -0.2) is 4.79 Å². The number of carbonyl (C=O) groups excluding carboxylic acids is 1. The van der Waals surface area contributed by atoms with Gasteiger partial charge in [0.1, 0.15) is 18.5 Å². The molecule has 0 spiro atoms. The van der Waals surface area contributed by atoms with Gasteiger partial charge in [0.05, 0.1) is 6.08 Å². The first kappa shape index (κ1) is 13.2. The fraction of sp³-hybridized carbons (Fsp3) is 0.471. The second kappa shape index (κ2) is 6.12. The van der Waals surface area contributed by atoms with E-state index in [2.05, 4.69) is 0 Å². The molecule has 1 saturated heterocycles. The summed E-state index contributed by atoms with van der Waals surface area (Å²) in [5.41, 5.74) is 1.00. The number of allylic oxidation sites excluding steroid dienone is 1. The smallest absolute Gasteiger partial charge is 0.334 e. The van der Waals surface area contributed by atoms with Crippen molar-refractivity contribution in [2.75, 3.05) is 0 Å². The summed E-state index contributed by atoms with van der Waals surface area (Å²) in [6, 6.07) is 9.71. The van der Waals surface area contributed by atoms with Gasteiger partial charge in [-0.3, -0.25) is 0 Å². The van der Waals surface area contributed by atoms with Gasteiger partial charge in [-0.15, -0.1) is 0 Å². The highest BCUT2D eigenvalue weighted by Gasteiger charge is 2.34. The van der Waals surface area contributed by atoms with E-state index in [9.17, 15) is 4.79 Å². The molecule has 20 heavy (non-hydrogen) atoms. The van der Waals surface area contributed by atoms with E-state index in [4.69, 9.17) is 9.47 Å². The van der Waals surface area contributed by atoms with E-state index in [1.54, 1.807) is 0 Å². The third-order valence-corrected chi connectivity index (χ3v) is 4.11. The first-order valence-corrected chi connectivity index (χ1v) is 7.39. The van der Waals surface area contributed by atoms with Crippen LogP contribution in [0, 0.1) is 5.92 Å². The molecular weight excluding hydrogens is 252 g/mol. The van der Waals surface area contributed by atoms with E-state index in [-0.39, 0.29) is 5.97 Å². The molecule has 2 fully saturated rings. The number of fused-ring (bicyclic) bond motifs is 1. The molecule has 1 aliphatic heterocycles. The lowest BCUT2D eigenvalue weighted by atomic mass is 9.86. The third-order valence-electron chi connectivity index (χ3n) is 4.11. The molecule has 0 aromatic heterocycles. The number of hydrogen-bond acceptors (Lipinski definition) is 3. The molecule has 0 radical (unpaired) electrons. The predicted octanol–water partition coefficient (Wildman–Crippen LogP) is 3.59. The number of esters is 1. The van der Waals surface area contributed by atoms with Crippen molar-refractivity contribution in [3.63, 3.8) is 0 Å². The Hall–Kier alpha value is -1.77. The monoisotopic (exact) mass is 272 g/mol. The van der Waals surface area contributed by atoms with Crippen LogP contribution in [-0.4, -0.2) is 12.1 Å². The van der Waals surface area contributed by atoms with Gasteiger partial charge in [0.2, 0.25) is 0 Å². The number of rotatable bonds is 3. The molecule has 2 atom stereocenters. The zero-order valence-corrected chi connectivity index (χ0v) is 11.6. The minimum Gasteiger partial charge on any atom is -0.494 e. The van der Waals surface area contributed by atoms with E-state index < -0.39 is 0 Å². The molecule has 1 heterocycles. The molecule has 3 heteroatoms. The van der Waals surface area contributed by atoms with Gasteiger partial charge in [-0.05, 0) is 24.8 Å². The molecule has 0 amide bonds. The van der Waals surface area contributed by atoms with Crippen molar-refractivity contribution in [3.05, 3.63) is 47.7 Å². The minimum atomic E-state index is -0.303. The Morgan fingerprint density at radius 3 is 2.85 bits per heavy atom. The molecule has 1 saturated carbocycles. The number of carbonyl (C=O) groups is 1. The van der Waals surface area contributed by atoms with Crippen LogP contribution in [0.5, 0.6) is 0 Å². The van der Waals surface area contributed by atoms with E-state index in [0.29, 0.717) is 18.6 Å². The van der Waals surface area contributed by atoms with Crippen molar-refractivity contribution in [3.8, 4) is 0 Å². The van der Waals surface area contributed by atoms with Gasteiger partial charge in [0.15, 0.2) is 0 Å². The second-order valence-corrected chi connectivity index (χ2v) is 5.61. The maximum atomic E-state index is 11.8. The van der Waals surface area contributed by atoms with Crippen molar-refractivity contribution in [2.24, 2.45) is 5.92 Å². The van der Waals surface area contributed by atoms with Gasteiger partial charge < -0.3 is 9.47 Å². The Morgan fingerprint density at radius 2 is 2.05 bits per heavy atom. The average Bonchev–Trinajstić information content (AvgIpc) is 2.88. The summed E-state index contributed by atoms with van der Waals surface area (Å²) < 4.78 is 11.1. The first-order valence-electron chi connectivity index (χ1n) is 7.39. The summed E-state index contributed by atoms with van der Waals surface area (Å²) >= 11 is 0. The Morgan fingerprint density at radius 1 is 1.25 bits per heavy atom. The van der Waals surface area contributed by atoms with E-state index in [1.807, 2.05) is 30.3 Å². The van der Waals surface area contributed by atoms with E-state index >= 15 is 0 Å². The van der Waals surface area contributed by atoms with Gasteiger partial charge in [0.25, 0.3) is 0 Å². The summed E-state index contributed by atoms with van der Waals surface area (Å²) in [5.74, 6) is 1.11. The van der Waals surface area contributed by atoms with Crippen LogP contribution in [0.15, 0.2) is 42.2 Å². The Bertz CT molecular complexity index is 476.